The van der Waals surface area contributed by atoms with Crippen LogP contribution in [0.25, 0.3) is 0 Å². The lowest BCUT2D eigenvalue weighted by Gasteiger charge is -2.30. The fraction of sp³-hybridized carbons (Fsp3) is 0.400. The van der Waals surface area contributed by atoms with E-state index < -0.39 is 5.82 Å². The Morgan fingerprint density at radius 3 is 2.73 bits per heavy atom. The van der Waals surface area contributed by atoms with Crippen LogP contribution < -0.4 is 14.8 Å². The minimum atomic E-state index is -0.553. The Kier molecular flexibility index (Phi) is 4.72. The Bertz CT molecular complexity index is 820. The number of hydrogen-bond acceptors (Lipinski definition) is 5. The predicted molar refractivity (Wildman–Crippen MR) is 93.2 cm³/mol. The Hall–Kier alpha value is -2.65. The number of benzene rings is 1. The molecule has 1 saturated heterocycles. The number of nitriles is 1. The molecule has 2 aliphatic rings. The molecule has 1 aromatic heterocycles. The number of nitrogens with one attached hydrogen (secondary N) is 1. The molecule has 2 atom stereocenters. The molecule has 0 amide bonds. The summed E-state index contributed by atoms with van der Waals surface area (Å²) in [6, 6.07) is 11.6. The molecular weight excluding hydrogens is 333 g/mol. The van der Waals surface area contributed by atoms with Crippen LogP contribution in [-0.2, 0) is 6.61 Å². The second kappa shape index (κ2) is 7.30. The maximum Gasteiger partial charge on any atom is 0.213 e. The highest BCUT2D eigenvalue weighted by molar-refractivity contribution is 5.36. The van der Waals surface area contributed by atoms with Crippen molar-refractivity contribution in [3.63, 3.8) is 0 Å². The molecule has 6 heteroatoms. The summed E-state index contributed by atoms with van der Waals surface area (Å²) in [5.74, 6) is 1.23. The minimum Gasteiger partial charge on any atom is -0.484 e. The molecule has 2 fully saturated rings. The normalized spacial score (nSPS) is 24.1. The SMILES string of the molecule is N#Cc1ccc(OCc2cccc(OC3C4CCC3CNC4)n2)c(F)c1. The maximum absolute atomic E-state index is 13.9. The number of aromatic nitrogens is 1. The van der Waals surface area contributed by atoms with Crippen LogP contribution >= 0.6 is 0 Å². The monoisotopic (exact) mass is 353 g/mol. The Labute approximate surface area is 151 Å². The highest BCUT2D eigenvalue weighted by atomic mass is 19.1. The lowest BCUT2D eigenvalue weighted by atomic mass is 9.96. The van der Waals surface area contributed by atoms with Crippen LogP contribution in [0.4, 0.5) is 4.39 Å². The molecule has 2 heterocycles. The van der Waals surface area contributed by atoms with Gasteiger partial charge in [0.05, 0.1) is 17.3 Å². The van der Waals surface area contributed by atoms with Gasteiger partial charge in [0.15, 0.2) is 11.6 Å². The summed E-state index contributed by atoms with van der Waals surface area (Å²) in [7, 11) is 0. The molecule has 1 aromatic carbocycles. The standard InChI is InChI=1S/C20H20FN3O2/c21-17-8-13(9-22)4-7-18(17)25-12-16-2-1-3-19(24-16)26-20-14-5-6-15(20)11-23-10-14/h1-4,7-8,14-15,20,23H,5-6,10-12H2. The second-order valence-electron chi connectivity index (χ2n) is 6.85. The van der Waals surface area contributed by atoms with E-state index in [9.17, 15) is 4.39 Å². The van der Waals surface area contributed by atoms with E-state index in [1.807, 2.05) is 24.3 Å². The van der Waals surface area contributed by atoms with E-state index in [4.69, 9.17) is 14.7 Å². The smallest absolute Gasteiger partial charge is 0.213 e. The molecule has 1 saturated carbocycles. The lowest BCUT2D eigenvalue weighted by Crippen LogP contribution is -2.44. The van der Waals surface area contributed by atoms with Crippen LogP contribution in [0.3, 0.4) is 0 Å². The van der Waals surface area contributed by atoms with E-state index >= 15 is 0 Å². The Morgan fingerprint density at radius 2 is 2.00 bits per heavy atom. The summed E-state index contributed by atoms with van der Waals surface area (Å²) in [4.78, 5) is 4.50. The molecule has 1 aliphatic carbocycles. The molecule has 134 valence electrons. The molecule has 2 unspecified atom stereocenters. The minimum absolute atomic E-state index is 0.105. The average molecular weight is 353 g/mol. The number of pyridine rings is 1. The number of ether oxygens (including phenoxy) is 2. The largest absolute Gasteiger partial charge is 0.484 e. The quantitative estimate of drug-likeness (QED) is 0.895. The number of fused-ring (bicyclic) bond motifs is 2. The van der Waals surface area contributed by atoms with E-state index in [1.165, 1.54) is 25.0 Å². The first-order valence-electron chi connectivity index (χ1n) is 8.88. The molecule has 1 aliphatic heterocycles. The third-order valence-corrected chi connectivity index (χ3v) is 5.13. The summed E-state index contributed by atoms with van der Waals surface area (Å²) in [6.07, 6.45) is 2.61. The van der Waals surface area contributed by atoms with Crippen molar-refractivity contribution in [2.45, 2.75) is 25.6 Å². The highest BCUT2D eigenvalue weighted by Crippen LogP contribution is 2.36. The van der Waals surface area contributed by atoms with Crippen molar-refractivity contribution in [3.8, 4) is 17.7 Å². The van der Waals surface area contributed by atoms with Gasteiger partial charge in [-0.3, -0.25) is 0 Å². The van der Waals surface area contributed by atoms with Gasteiger partial charge < -0.3 is 14.8 Å². The Morgan fingerprint density at radius 1 is 1.19 bits per heavy atom. The highest BCUT2D eigenvalue weighted by Gasteiger charge is 2.40. The van der Waals surface area contributed by atoms with Crippen LogP contribution in [0.2, 0.25) is 0 Å². The van der Waals surface area contributed by atoms with Gasteiger partial charge in [-0.05, 0) is 37.1 Å². The van der Waals surface area contributed by atoms with E-state index in [2.05, 4.69) is 10.3 Å². The van der Waals surface area contributed by atoms with Gasteiger partial charge in [0.2, 0.25) is 5.88 Å². The summed E-state index contributed by atoms with van der Waals surface area (Å²) < 4.78 is 25.6. The summed E-state index contributed by atoms with van der Waals surface area (Å²) in [5.41, 5.74) is 0.938. The lowest BCUT2D eigenvalue weighted by molar-refractivity contribution is 0.0880. The van der Waals surface area contributed by atoms with Gasteiger partial charge in [-0.25, -0.2) is 9.37 Å². The van der Waals surface area contributed by atoms with Crippen LogP contribution in [0, 0.1) is 29.0 Å². The third-order valence-electron chi connectivity index (χ3n) is 5.13. The predicted octanol–water partition coefficient (Wildman–Crippen LogP) is 3.05. The Balaban J connectivity index is 1.41. The fourth-order valence-electron chi connectivity index (χ4n) is 3.81. The van der Waals surface area contributed by atoms with Crippen LogP contribution in [-0.4, -0.2) is 24.2 Å². The van der Waals surface area contributed by atoms with Gasteiger partial charge >= 0.3 is 0 Å². The van der Waals surface area contributed by atoms with E-state index in [-0.39, 0.29) is 24.0 Å². The van der Waals surface area contributed by atoms with E-state index in [1.54, 1.807) is 0 Å². The van der Waals surface area contributed by atoms with Gasteiger partial charge in [-0.2, -0.15) is 5.26 Å². The van der Waals surface area contributed by atoms with Crippen molar-refractivity contribution >= 4 is 0 Å². The van der Waals surface area contributed by atoms with Crippen molar-refractivity contribution in [2.24, 2.45) is 11.8 Å². The maximum atomic E-state index is 13.9. The molecule has 26 heavy (non-hydrogen) atoms. The van der Waals surface area contributed by atoms with Crippen molar-refractivity contribution in [1.82, 2.24) is 10.3 Å². The zero-order valence-corrected chi connectivity index (χ0v) is 14.3. The summed E-state index contributed by atoms with van der Waals surface area (Å²) >= 11 is 0. The zero-order chi connectivity index (χ0) is 17.9. The van der Waals surface area contributed by atoms with Gasteiger partial charge in [0.1, 0.15) is 12.7 Å². The van der Waals surface area contributed by atoms with Crippen molar-refractivity contribution in [2.75, 3.05) is 13.1 Å². The molecule has 5 nitrogen and oxygen atoms in total. The van der Waals surface area contributed by atoms with Gasteiger partial charge in [0.25, 0.3) is 0 Å². The molecule has 0 radical (unpaired) electrons. The molecule has 4 rings (SSSR count). The zero-order valence-electron chi connectivity index (χ0n) is 14.3. The molecular formula is C20H20FN3O2. The first-order valence-corrected chi connectivity index (χ1v) is 8.88. The number of nitrogens with zero attached hydrogens (tertiary/aromatic N) is 2. The summed E-state index contributed by atoms with van der Waals surface area (Å²) in [5, 5.41) is 12.2. The van der Waals surface area contributed by atoms with E-state index in [0.717, 1.165) is 19.2 Å². The van der Waals surface area contributed by atoms with Gasteiger partial charge in [-0.1, -0.05) is 6.07 Å². The molecule has 2 aromatic rings. The summed E-state index contributed by atoms with van der Waals surface area (Å²) in [6.45, 7) is 2.14. The fourth-order valence-corrected chi connectivity index (χ4v) is 3.81. The first-order chi connectivity index (χ1) is 12.7. The van der Waals surface area contributed by atoms with Crippen molar-refractivity contribution in [3.05, 3.63) is 53.5 Å². The van der Waals surface area contributed by atoms with Crippen molar-refractivity contribution < 1.29 is 13.9 Å². The number of rotatable bonds is 5. The van der Waals surface area contributed by atoms with Crippen LogP contribution in [0.15, 0.2) is 36.4 Å². The van der Waals surface area contributed by atoms with E-state index in [0.29, 0.717) is 23.4 Å². The van der Waals surface area contributed by atoms with Crippen LogP contribution in [0.1, 0.15) is 24.1 Å². The second-order valence-corrected chi connectivity index (χ2v) is 6.85. The molecule has 1 N–H and O–H groups in total. The van der Waals surface area contributed by atoms with Crippen LogP contribution in [0.5, 0.6) is 11.6 Å². The molecule has 2 bridgehead atoms. The number of hydrogen-bond donors (Lipinski definition) is 1. The molecule has 0 spiro atoms. The topological polar surface area (TPSA) is 67.2 Å². The number of piperidine rings is 1. The van der Waals surface area contributed by atoms with Gasteiger partial charge in [0, 0.05) is 31.0 Å². The average Bonchev–Trinajstić information content (AvgIpc) is 2.88. The third kappa shape index (κ3) is 3.49. The van der Waals surface area contributed by atoms with Crippen molar-refractivity contribution in [1.29, 1.82) is 5.26 Å². The first kappa shape index (κ1) is 16.8. The number of halogens is 1. The van der Waals surface area contributed by atoms with Gasteiger partial charge in [-0.15, -0.1) is 0 Å².